The number of nitrogen functional groups attached to an aromatic ring is 1. The lowest BCUT2D eigenvalue weighted by Crippen LogP contribution is -2.39. The SMILES string of the molecule is CC(C)(C)OC(=O)N1CC2C(C1)C2CC1(NC(=O)/C=C/c2ccc(N)nc2)CC1. The van der Waals surface area contributed by atoms with E-state index in [4.69, 9.17) is 10.5 Å². The molecule has 3 fully saturated rings. The van der Waals surface area contributed by atoms with Gasteiger partial charge < -0.3 is 20.7 Å². The zero-order valence-corrected chi connectivity index (χ0v) is 17.4. The van der Waals surface area contributed by atoms with E-state index in [-0.39, 0.29) is 17.5 Å². The first-order valence-electron chi connectivity index (χ1n) is 10.3. The number of carbonyl (C=O) groups excluding carboxylic acids is 2. The van der Waals surface area contributed by atoms with Crippen LogP contribution in [0.2, 0.25) is 0 Å². The smallest absolute Gasteiger partial charge is 0.410 e. The van der Waals surface area contributed by atoms with Gasteiger partial charge in [0, 0.05) is 30.9 Å². The zero-order chi connectivity index (χ0) is 20.8. The first-order valence-corrected chi connectivity index (χ1v) is 10.3. The third-order valence-corrected chi connectivity index (χ3v) is 6.13. The molecule has 0 bridgehead atoms. The summed E-state index contributed by atoms with van der Waals surface area (Å²) in [6.45, 7) is 7.23. The molecule has 7 heteroatoms. The van der Waals surface area contributed by atoms with E-state index in [0.29, 0.717) is 23.6 Å². The number of nitrogens with two attached hydrogens (primary N) is 1. The average Bonchev–Trinajstić information content (AvgIpc) is 3.47. The molecule has 1 aromatic heterocycles. The van der Waals surface area contributed by atoms with Crippen molar-refractivity contribution in [2.45, 2.75) is 51.2 Å². The lowest BCUT2D eigenvalue weighted by atomic mass is 10.0. The van der Waals surface area contributed by atoms with E-state index in [0.717, 1.165) is 37.9 Å². The van der Waals surface area contributed by atoms with Crippen LogP contribution in [0.15, 0.2) is 24.4 Å². The molecule has 4 rings (SSSR count). The summed E-state index contributed by atoms with van der Waals surface area (Å²) in [6.07, 6.45) is 7.82. The van der Waals surface area contributed by atoms with Crippen LogP contribution in [0.3, 0.4) is 0 Å². The van der Waals surface area contributed by atoms with Gasteiger partial charge in [0.15, 0.2) is 0 Å². The summed E-state index contributed by atoms with van der Waals surface area (Å²) < 4.78 is 5.47. The minimum atomic E-state index is -0.457. The molecule has 2 heterocycles. The number of hydrogen-bond acceptors (Lipinski definition) is 5. The van der Waals surface area contributed by atoms with Crippen LogP contribution < -0.4 is 11.1 Å². The number of nitrogens with one attached hydrogen (secondary N) is 1. The van der Waals surface area contributed by atoms with Crippen LogP contribution in [0.25, 0.3) is 6.08 Å². The van der Waals surface area contributed by atoms with Crippen molar-refractivity contribution >= 4 is 23.9 Å². The van der Waals surface area contributed by atoms with Crippen LogP contribution >= 0.6 is 0 Å². The van der Waals surface area contributed by atoms with Crippen molar-refractivity contribution in [3.05, 3.63) is 30.0 Å². The van der Waals surface area contributed by atoms with Gasteiger partial charge in [-0.15, -0.1) is 0 Å². The maximum atomic E-state index is 12.3. The summed E-state index contributed by atoms with van der Waals surface area (Å²) in [4.78, 5) is 30.4. The van der Waals surface area contributed by atoms with Crippen LogP contribution in [-0.2, 0) is 9.53 Å². The zero-order valence-electron chi connectivity index (χ0n) is 17.4. The summed E-state index contributed by atoms with van der Waals surface area (Å²) in [7, 11) is 0. The van der Waals surface area contributed by atoms with Gasteiger partial charge in [0.25, 0.3) is 0 Å². The Morgan fingerprint density at radius 2 is 2.00 bits per heavy atom. The highest BCUT2D eigenvalue weighted by atomic mass is 16.6. The predicted molar refractivity (Wildman–Crippen MR) is 111 cm³/mol. The molecule has 7 nitrogen and oxygen atoms in total. The number of pyridine rings is 1. The molecule has 156 valence electrons. The highest BCUT2D eigenvalue weighted by molar-refractivity contribution is 5.92. The van der Waals surface area contributed by atoms with Crippen LogP contribution in [0.1, 0.15) is 45.6 Å². The Labute approximate surface area is 171 Å². The molecule has 3 aliphatic rings. The molecule has 0 spiro atoms. The fourth-order valence-electron chi connectivity index (χ4n) is 4.40. The Morgan fingerprint density at radius 1 is 1.31 bits per heavy atom. The van der Waals surface area contributed by atoms with Crippen molar-refractivity contribution in [3.63, 3.8) is 0 Å². The van der Waals surface area contributed by atoms with Gasteiger partial charge in [-0.1, -0.05) is 0 Å². The number of hydrogen-bond donors (Lipinski definition) is 2. The molecule has 3 N–H and O–H groups in total. The molecule has 2 unspecified atom stereocenters. The number of ether oxygens (including phenoxy) is 1. The maximum Gasteiger partial charge on any atom is 0.410 e. The van der Waals surface area contributed by atoms with Gasteiger partial charge in [0.05, 0.1) is 0 Å². The van der Waals surface area contributed by atoms with E-state index in [9.17, 15) is 9.59 Å². The normalized spacial score (nSPS) is 26.9. The number of likely N-dealkylation sites (tertiary alicyclic amines) is 1. The molecular weight excluding hydrogens is 368 g/mol. The Kier molecular flexibility index (Phi) is 4.79. The van der Waals surface area contributed by atoms with E-state index >= 15 is 0 Å². The number of piperidine rings is 1. The van der Waals surface area contributed by atoms with Crippen molar-refractivity contribution in [2.24, 2.45) is 17.8 Å². The summed E-state index contributed by atoms with van der Waals surface area (Å²) in [6, 6.07) is 3.55. The molecule has 1 aromatic rings. The Morgan fingerprint density at radius 3 is 2.55 bits per heavy atom. The van der Waals surface area contributed by atoms with E-state index in [1.54, 1.807) is 24.4 Å². The van der Waals surface area contributed by atoms with Gasteiger partial charge >= 0.3 is 6.09 Å². The van der Waals surface area contributed by atoms with Crippen LogP contribution in [0.4, 0.5) is 10.6 Å². The Balaban J connectivity index is 1.24. The van der Waals surface area contributed by atoms with Gasteiger partial charge in [-0.25, -0.2) is 9.78 Å². The largest absolute Gasteiger partial charge is 0.444 e. The van der Waals surface area contributed by atoms with Crippen LogP contribution in [0.5, 0.6) is 0 Å². The first kappa shape index (κ1) is 19.7. The van der Waals surface area contributed by atoms with Crippen molar-refractivity contribution in [1.82, 2.24) is 15.2 Å². The van der Waals surface area contributed by atoms with Crippen molar-refractivity contribution in [1.29, 1.82) is 0 Å². The van der Waals surface area contributed by atoms with E-state index in [1.807, 2.05) is 31.7 Å². The lowest BCUT2D eigenvalue weighted by Gasteiger charge is -2.26. The molecular formula is C22H30N4O3. The number of rotatable bonds is 5. The van der Waals surface area contributed by atoms with Crippen molar-refractivity contribution < 1.29 is 14.3 Å². The summed E-state index contributed by atoms with van der Waals surface area (Å²) in [5.41, 5.74) is 5.90. The number of anilines is 1. The van der Waals surface area contributed by atoms with Gasteiger partial charge in [-0.05, 0) is 81.6 Å². The van der Waals surface area contributed by atoms with Gasteiger partial charge in [-0.2, -0.15) is 0 Å². The number of carbonyl (C=O) groups is 2. The van der Waals surface area contributed by atoms with Crippen LogP contribution in [0, 0.1) is 17.8 Å². The average molecular weight is 399 g/mol. The maximum absolute atomic E-state index is 12.3. The third-order valence-electron chi connectivity index (χ3n) is 6.13. The van der Waals surface area contributed by atoms with E-state index in [2.05, 4.69) is 10.3 Å². The monoisotopic (exact) mass is 398 g/mol. The van der Waals surface area contributed by atoms with Crippen LogP contribution in [-0.4, -0.2) is 46.1 Å². The molecule has 2 saturated carbocycles. The van der Waals surface area contributed by atoms with E-state index in [1.165, 1.54) is 0 Å². The highest BCUT2D eigenvalue weighted by Gasteiger charge is 2.61. The lowest BCUT2D eigenvalue weighted by molar-refractivity contribution is -0.117. The van der Waals surface area contributed by atoms with Gasteiger partial charge in [0.2, 0.25) is 5.91 Å². The number of fused-ring (bicyclic) bond motifs is 1. The van der Waals surface area contributed by atoms with Crippen molar-refractivity contribution in [2.75, 3.05) is 18.8 Å². The second kappa shape index (κ2) is 7.04. The van der Waals surface area contributed by atoms with Gasteiger partial charge in [-0.3, -0.25) is 4.79 Å². The molecule has 0 aromatic carbocycles. The minimum absolute atomic E-state index is 0.0630. The highest BCUT2D eigenvalue weighted by Crippen LogP contribution is 2.58. The topological polar surface area (TPSA) is 97.5 Å². The Hall–Kier alpha value is -2.57. The third kappa shape index (κ3) is 4.71. The predicted octanol–water partition coefficient (Wildman–Crippen LogP) is 2.83. The van der Waals surface area contributed by atoms with Crippen molar-refractivity contribution in [3.8, 4) is 0 Å². The molecule has 1 aliphatic heterocycles. The standard InChI is InChI=1S/C22H30N4O3/c1-21(2,3)29-20(28)26-12-16-15(17(16)13-26)10-22(8-9-22)25-19(27)7-5-14-4-6-18(23)24-11-14/h4-7,11,15-17H,8-10,12-13H2,1-3H3,(H2,23,24)(H,25,27)/b7-5+. The summed E-state index contributed by atoms with van der Waals surface area (Å²) >= 11 is 0. The number of amides is 2. The van der Waals surface area contributed by atoms with Gasteiger partial charge in [0.1, 0.15) is 11.4 Å². The quantitative estimate of drug-likeness (QED) is 0.744. The fraction of sp³-hybridized carbons (Fsp3) is 0.591. The minimum Gasteiger partial charge on any atom is -0.444 e. The first-order chi connectivity index (χ1) is 13.6. The molecule has 2 atom stereocenters. The van der Waals surface area contributed by atoms with E-state index < -0.39 is 5.60 Å². The fourth-order valence-corrected chi connectivity index (χ4v) is 4.40. The number of nitrogens with zero attached hydrogens (tertiary/aromatic N) is 2. The summed E-state index contributed by atoms with van der Waals surface area (Å²) in [5, 5.41) is 3.20. The number of aromatic nitrogens is 1. The second-order valence-corrected chi connectivity index (χ2v) is 9.70. The molecule has 1 saturated heterocycles. The Bertz CT molecular complexity index is 811. The molecule has 2 aliphatic carbocycles. The molecule has 29 heavy (non-hydrogen) atoms. The summed E-state index contributed by atoms with van der Waals surface area (Å²) in [5.74, 6) is 2.09. The molecule has 0 radical (unpaired) electrons. The second-order valence-electron chi connectivity index (χ2n) is 9.70. The molecule has 2 amide bonds.